The molecule has 0 N–H and O–H groups in total. The molecule has 0 radical (unpaired) electrons. The number of ether oxygens (including phenoxy) is 1. The lowest BCUT2D eigenvalue weighted by molar-refractivity contribution is 0.0996. The van der Waals surface area contributed by atoms with Crippen LogP contribution in [0.3, 0.4) is 0 Å². The van der Waals surface area contributed by atoms with Crippen LogP contribution in [0, 0.1) is 5.92 Å². The molecule has 1 heterocycles. The molecule has 0 bridgehead atoms. The molecule has 5 heteroatoms. The van der Waals surface area contributed by atoms with E-state index in [9.17, 15) is 0 Å². The van der Waals surface area contributed by atoms with E-state index in [-0.39, 0.29) is 0 Å². The van der Waals surface area contributed by atoms with Gasteiger partial charge in [0, 0.05) is 26.9 Å². The highest BCUT2D eigenvalue weighted by Gasteiger charge is 2.49. The third-order valence-electron chi connectivity index (χ3n) is 3.47. The average molecular weight is 248 g/mol. The molecule has 1 aliphatic rings. The Bertz CT molecular complexity index is 196. The van der Waals surface area contributed by atoms with Crippen LogP contribution in [-0.4, -0.2) is 42.8 Å². The normalized spacial score (nSPS) is 24.2. The van der Waals surface area contributed by atoms with Gasteiger partial charge in [0.15, 0.2) is 0 Å². The summed E-state index contributed by atoms with van der Waals surface area (Å²) >= 11 is 0. The highest BCUT2D eigenvalue weighted by atomic mass is 28.4. The largest absolute Gasteiger partial charge is 0.503 e. The van der Waals surface area contributed by atoms with E-state index in [0.29, 0.717) is 17.6 Å². The maximum absolute atomic E-state index is 5.57. The molecule has 16 heavy (non-hydrogen) atoms. The second kappa shape index (κ2) is 6.12. The van der Waals surface area contributed by atoms with Crippen LogP contribution in [0.4, 0.5) is 0 Å². The molecular weight excluding hydrogens is 224 g/mol. The van der Waals surface area contributed by atoms with Crippen molar-refractivity contribution in [3.8, 4) is 0 Å². The van der Waals surface area contributed by atoms with Gasteiger partial charge in [0.25, 0.3) is 0 Å². The molecule has 3 unspecified atom stereocenters. The van der Waals surface area contributed by atoms with Crippen LogP contribution in [0.15, 0.2) is 0 Å². The highest BCUT2D eigenvalue weighted by Crippen LogP contribution is 2.38. The Kier molecular flexibility index (Phi) is 5.40. The fourth-order valence-corrected chi connectivity index (χ4v) is 5.23. The predicted octanol–water partition coefficient (Wildman–Crippen LogP) is 2.07. The topological polar surface area (TPSA) is 40.2 Å². The fourth-order valence-electron chi connectivity index (χ4n) is 2.49. The van der Waals surface area contributed by atoms with Crippen LogP contribution in [0.25, 0.3) is 0 Å². The van der Waals surface area contributed by atoms with Crippen LogP contribution in [0.5, 0.6) is 0 Å². The smallest absolute Gasteiger partial charge is 0.377 e. The molecule has 1 aliphatic heterocycles. The van der Waals surface area contributed by atoms with Gasteiger partial charge in [-0.3, -0.25) is 0 Å². The standard InChI is InChI=1S/C11H24O4Si/c1-6-11(9(2)7-10-8-15-10)16(12-3,13-4)14-5/h9-11H,6-8H2,1-5H3. The Morgan fingerprint density at radius 1 is 1.25 bits per heavy atom. The Morgan fingerprint density at radius 2 is 1.75 bits per heavy atom. The summed E-state index contributed by atoms with van der Waals surface area (Å²) in [6.07, 6.45) is 2.53. The van der Waals surface area contributed by atoms with Gasteiger partial charge >= 0.3 is 8.80 Å². The highest BCUT2D eigenvalue weighted by molar-refractivity contribution is 6.62. The maximum Gasteiger partial charge on any atom is 0.503 e. The lowest BCUT2D eigenvalue weighted by Crippen LogP contribution is -2.49. The summed E-state index contributed by atoms with van der Waals surface area (Å²) in [5, 5.41) is 0. The molecule has 1 fully saturated rings. The molecule has 96 valence electrons. The zero-order chi connectivity index (χ0) is 12.2. The number of rotatable bonds is 8. The summed E-state index contributed by atoms with van der Waals surface area (Å²) in [7, 11) is 2.54. The van der Waals surface area contributed by atoms with Gasteiger partial charge in [0.05, 0.1) is 12.7 Å². The van der Waals surface area contributed by atoms with Gasteiger partial charge < -0.3 is 18.0 Å². The lowest BCUT2D eigenvalue weighted by atomic mass is 10.00. The summed E-state index contributed by atoms with van der Waals surface area (Å²) in [6, 6.07) is 0. The molecule has 1 rings (SSSR count). The number of hydrogen-bond acceptors (Lipinski definition) is 4. The zero-order valence-electron chi connectivity index (χ0n) is 11.0. The van der Waals surface area contributed by atoms with Crippen molar-refractivity contribution in [2.75, 3.05) is 27.9 Å². The third kappa shape index (κ3) is 3.04. The van der Waals surface area contributed by atoms with E-state index in [1.807, 2.05) is 0 Å². The summed E-state index contributed by atoms with van der Waals surface area (Å²) in [6.45, 7) is 5.30. The zero-order valence-corrected chi connectivity index (χ0v) is 12.0. The van der Waals surface area contributed by atoms with Gasteiger partial charge in [-0.1, -0.05) is 13.8 Å². The van der Waals surface area contributed by atoms with Crippen LogP contribution in [0.2, 0.25) is 5.54 Å². The molecule has 0 saturated carbocycles. The minimum atomic E-state index is -2.50. The quantitative estimate of drug-likeness (QED) is 0.487. The summed E-state index contributed by atoms with van der Waals surface area (Å²) in [4.78, 5) is 0. The first-order valence-corrected chi connectivity index (χ1v) is 7.70. The first kappa shape index (κ1) is 14.1. The number of epoxide rings is 1. The van der Waals surface area contributed by atoms with Crippen LogP contribution < -0.4 is 0 Å². The molecule has 0 aromatic rings. The summed E-state index contributed by atoms with van der Waals surface area (Å²) < 4.78 is 22.0. The summed E-state index contributed by atoms with van der Waals surface area (Å²) in [5.41, 5.74) is 0.344. The first-order chi connectivity index (χ1) is 7.63. The second-order valence-corrected chi connectivity index (χ2v) is 7.57. The lowest BCUT2D eigenvalue weighted by Gasteiger charge is -2.35. The van der Waals surface area contributed by atoms with E-state index in [4.69, 9.17) is 18.0 Å². The fraction of sp³-hybridized carbons (Fsp3) is 1.00. The summed E-state index contributed by atoms with van der Waals surface area (Å²) in [5.74, 6) is 0.504. The monoisotopic (exact) mass is 248 g/mol. The van der Waals surface area contributed by atoms with Crippen molar-refractivity contribution in [3.63, 3.8) is 0 Å². The van der Waals surface area contributed by atoms with Crippen molar-refractivity contribution in [1.29, 1.82) is 0 Å². The van der Waals surface area contributed by atoms with E-state index < -0.39 is 8.80 Å². The van der Waals surface area contributed by atoms with Crippen molar-refractivity contribution >= 4 is 8.80 Å². The predicted molar refractivity (Wildman–Crippen MR) is 64.3 cm³/mol. The van der Waals surface area contributed by atoms with Crippen molar-refractivity contribution in [1.82, 2.24) is 0 Å². The van der Waals surface area contributed by atoms with Gasteiger partial charge in [-0.2, -0.15) is 0 Å². The molecule has 0 aliphatic carbocycles. The van der Waals surface area contributed by atoms with Crippen molar-refractivity contribution < 1.29 is 18.0 Å². The van der Waals surface area contributed by atoms with E-state index in [0.717, 1.165) is 19.4 Å². The average Bonchev–Trinajstić information content (AvgIpc) is 3.09. The van der Waals surface area contributed by atoms with Gasteiger partial charge in [-0.05, 0) is 18.8 Å². The molecule has 0 spiro atoms. The van der Waals surface area contributed by atoms with E-state index in [1.165, 1.54) is 0 Å². The Hall–Kier alpha value is 0.0569. The van der Waals surface area contributed by atoms with Crippen LogP contribution >= 0.6 is 0 Å². The number of hydrogen-bond donors (Lipinski definition) is 0. The minimum absolute atomic E-state index is 0.344. The van der Waals surface area contributed by atoms with Gasteiger partial charge in [-0.25, -0.2) is 0 Å². The van der Waals surface area contributed by atoms with Crippen molar-refractivity contribution in [2.45, 2.75) is 38.3 Å². The van der Waals surface area contributed by atoms with E-state index in [1.54, 1.807) is 21.3 Å². The Labute approximate surface area is 99.6 Å². The van der Waals surface area contributed by atoms with Gasteiger partial charge in [0.1, 0.15) is 0 Å². The van der Waals surface area contributed by atoms with E-state index in [2.05, 4.69) is 13.8 Å². The SMILES string of the molecule is CCC(C(C)CC1CO1)[Si](OC)(OC)OC. The molecule has 3 atom stereocenters. The van der Waals surface area contributed by atoms with E-state index >= 15 is 0 Å². The van der Waals surface area contributed by atoms with Crippen molar-refractivity contribution in [2.24, 2.45) is 5.92 Å². The molecule has 0 aromatic heterocycles. The van der Waals surface area contributed by atoms with Gasteiger partial charge in [-0.15, -0.1) is 0 Å². The molecular formula is C11H24O4Si. The second-order valence-electron chi connectivity index (χ2n) is 4.40. The van der Waals surface area contributed by atoms with Crippen LogP contribution in [0.1, 0.15) is 26.7 Å². The maximum atomic E-state index is 5.57. The minimum Gasteiger partial charge on any atom is -0.377 e. The van der Waals surface area contributed by atoms with Gasteiger partial charge in [0.2, 0.25) is 0 Å². The molecule has 1 saturated heterocycles. The molecule has 4 nitrogen and oxygen atoms in total. The molecule has 0 aromatic carbocycles. The third-order valence-corrected chi connectivity index (χ3v) is 7.06. The van der Waals surface area contributed by atoms with Crippen molar-refractivity contribution in [3.05, 3.63) is 0 Å². The Morgan fingerprint density at radius 3 is 2.06 bits per heavy atom. The molecule has 0 amide bonds. The Balaban J connectivity index is 2.67. The first-order valence-electron chi connectivity index (χ1n) is 5.90. The van der Waals surface area contributed by atoms with Crippen LogP contribution in [-0.2, 0) is 18.0 Å².